The second-order valence-corrected chi connectivity index (χ2v) is 5.44. The molecule has 106 valence electrons. The molecule has 0 saturated heterocycles. The minimum Gasteiger partial charge on any atom is -0.492 e. The molecule has 0 saturated carbocycles. The van der Waals surface area contributed by atoms with E-state index in [1.54, 1.807) is 29.5 Å². The van der Waals surface area contributed by atoms with E-state index in [1.165, 1.54) is 4.88 Å². The third-order valence-corrected chi connectivity index (χ3v) is 4.06. The molecule has 0 radical (unpaired) electrons. The predicted octanol–water partition coefficient (Wildman–Crippen LogP) is 2.82. The van der Waals surface area contributed by atoms with Gasteiger partial charge in [0, 0.05) is 16.9 Å². The summed E-state index contributed by atoms with van der Waals surface area (Å²) in [5, 5.41) is 12.0. The van der Waals surface area contributed by atoms with Gasteiger partial charge in [0.05, 0.1) is 22.8 Å². The Morgan fingerprint density at radius 3 is 2.95 bits per heavy atom. The highest BCUT2D eigenvalue weighted by Gasteiger charge is 2.07. The first kappa shape index (κ1) is 14.6. The summed E-state index contributed by atoms with van der Waals surface area (Å²) in [5.74, 6) is 0.585. The Balaban J connectivity index is 1.98. The molecular formula is C13H14ClN3O2S. The molecule has 0 amide bonds. The van der Waals surface area contributed by atoms with Crippen molar-refractivity contribution in [3.63, 3.8) is 0 Å². The van der Waals surface area contributed by atoms with Gasteiger partial charge in [0.2, 0.25) is 0 Å². The average molecular weight is 312 g/mol. The first-order valence-corrected chi connectivity index (χ1v) is 7.16. The number of thiazole rings is 1. The zero-order valence-electron chi connectivity index (χ0n) is 10.8. The van der Waals surface area contributed by atoms with Crippen LogP contribution in [0.25, 0.3) is 0 Å². The normalized spacial score (nSPS) is 11.6. The quantitative estimate of drug-likeness (QED) is 0.385. The van der Waals surface area contributed by atoms with E-state index in [9.17, 15) is 0 Å². The fourth-order valence-electron chi connectivity index (χ4n) is 1.65. The summed E-state index contributed by atoms with van der Waals surface area (Å²) >= 11 is 7.71. The van der Waals surface area contributed by atoms with Crippen molar-refractivity contribution in [2.75, 3.05) is 6.61 Å². The van der Waals surface area contributed by atoms with Gasteiger partial charge >= 0.3 is 0 Å². The van der Waals surface area contributed by atoms with Gasteiger partial charge in [-0.1, -0.05) is 16.8 Å². The Morgan fingerprint density at radius 2 is 2.35 bits per heavy atom. The summed E-state index contributed by atoms with van der Waals surface area (Å²) < 4.78 is 5.64. The molecule has 0 aliphatic heterocycles. The van der Waals surface area contributed by atoms with Crippen LogP contribution in [0.5, 0.6) is 5.75 Å². The summed E-state index contributed by atoms with van der Waals surface area (Å²) in [7, 11) is 0. The van der Waals surface area contributed by atoms with Crippen LogP contribution in [0.3, 0.4) is 0 Å². The van der Waals surface area contributed by atoms with Crippen LogP contribution in [0.4, 0.5) is 0 Å². The van der Waals surface area contributed by atoms with E-state index >= 15 is 0 Å². The van der Waals surface area contributed by atoms with E-state index in [-0.39, 0.29) is 5.84 Å². The molecule has 2 rings (SSSR count). The summed E-state index contributed by atoms with van der Waals surface area (Å²) in [6.07, 6.45) is 0.787. The molecule has 5 nitrogen and oxygen atoms in total. The number of rotatable bonds is 5. The van der Waals surface area contributed by atoms with Crippen molar-refractivity contribution in [3.05, 3.63) is 44.9 Å². The number of nitrogens with two attached hydrogens (primary N) is 1. The molecule has 0 bridgehead atoms. The zero-order chi connectivity index (χ0) is 14.5. The minimum absolute atomic E-state index is 0.0127. The smallest absolute Gasteiger partial charge is 0.170 e. The highest BCUT2D eigenvalue weighted by Crippen LogP contribution is 2.26. The maximum atomic E-state index is 8.61. The highest BCUT2D eigenvalue weighted by atomic mass is 35.5. The highest BCUT2D eigenvalue weighted by molar-refractivity contribution is 7.09. The minimum atomic E-state index is 0.0127. The molecule has 1 aromatic carbocycles. The van der Waals surface area contributed by atoms with E-state index < -0.39 is 0 Å². The lowest BCUT2D eigenvalue weighted by atomic mass is 10.2. The Labute approximate surface area is 125 Å². The van der Waals surface area contributed by atoms with Crippen LogP contribution in [-0.2, 0) is 6.42 Å². The molecule has 0 atom stereocenters. The van der Waals surface area contributed by atoms with Gasteiger partial charge in [-0.25, -0.2) is 4.98 Å². The molecular weight excluding hydrogens is 298 g/mol. The molecule has 0 fully saturated rings. The number of amidine groups is 1. The molecule has 2 aromatic rings. The Bertz CT molecular complexity index is 628. The van der Waals surface area contributed by atoms with E-state index in [0.717, 1.165) is 12.1 Å². The van der Waals surface area contributed by atoms with Gasteiger partial charge in [-0.2, -0.15) is 0 Å². The Kier molecular flexibility index (Phi) is 4.81. The standard InChI is InChI=1S/C13H14ClN3O2S/c1-8-12(20-7-16-8)4-5-19-11-3-2-9(6-10(11)14)13(15)17-18/h2-3,6-7,18H,4-5H2,1H3,(H2,15,17). The zero-order valence-corrected chi connectivity index (χ0v) is 12.4. The number of hydrogen-bond donors (Lipinski definition) is 2. The molecule has 7 heteroatoms. The van der Waals surface area contributed by atoms with Gasteiger partial charge in [-0.05, 0) is 25.1 Å². The number of ether oxygens (including phenoxy) is 1. The second kappa shape index (κ2) is 6.58. The first-order chi connectivity index (χ1) is 9.61. The summed E-state index contributed by atoms with van der Waals surface area (Å²) in [5.41, 5.74) is 8.89. The van der Waals surface area contributed by atoms with Crippen LogP contribution in [0.2, 0.25) is 5.02 Å². The van der Waals surface area contributed by atoms with E-state index in [4.69, 9.17) is 27.3 Å². The summed E-state index contributed by atoms with van der Waals surface area (Å²) in [6.45, 7) is 2.50. The SMILES string of the molecule is Cc1ncsc1CCOc1ccc(C(N)=NO)cc1Cl. The molecule has 1 aromatic heterocycles. The molecule has 3 N–H and O–H groups in total. The number of aromatic nitrogens is 1. The van der Waals surface area contributed by atoms with Crippen molar-refractivity contribution in [3.8, 4) is 5.75 Å². The summed E-state index contributed by atoms with van der Waals surface area (Å²) in [4.78, 5) is 5.39. The van der Waals surface area contributed by atoms with E-state index in [1.807, 2.05) is 12.4 Å². The van der Waals surface area contributed by atoms with Gasteiger partial charge in [-0.3, -0.25) is 0 Å². The van der Waals surface area contributed by atoms with Crippen molar-refractivity contribution in [1.82, 2.24) is 4.98 Å². The molecule has 0 spiro atoms. The average Bonchev–Trinajstić information content (AvgIpc) is 2.85. The third kappa shape index (κ3) is 3.40. The van der Waals surface area contributed by atoms with Gasteiger partial charge in [0.1, 0.15) is 5.75 Å². The van der Waals surface area contributed by atoms with E-state index in [2.05, 4.69) is 10.1 Å². The maximum Gasteiger partial charge on any atom is 0.170 e. The number of nitrogens with zero attached hydrogens (tertiary/aromatic N) is 2. The lowest BCUT2D eigenvalue weighted by Crippen LogP contribution is -2.13. The Hall–Kier alpha value is -1.79. The van der Waals surface area contributed by atoms with Crippen LogP contribution < -0.4 is 10.5 Å². The van der Waals surface area contributed by atoms with Crippen LogP contribution >= 0.6 is 22.9 Å². The van der Waals surface area contributed by atoms with Crippen LogP contribution in [0.15, 0.2) is 28.9 Å². The number of hydrogen-bond acceptors (Lipinski definition) is 5. The lowest BCUT2D eigenvalue weighted by molar-refractivity contribution is 0.318. The largest absolute Gasteiger partial charge is 0.492 e. The Morgan fingerprint density at radius 1 is 1.55 bits per heavy atom. The van der Waals surface area contributed by atoms with Gasteiger partial charge in [-0.15, -0.1) is 11.3 Å². The van der Waals surface area contributed by atoms with Crippen molar-refractivity contribution >= 4 is 28.8 Å². The van der Waals surface area contributed by atoms with Crippen LogP contribution in [0, 0.1) is 6.92 Å². The first-order valence-electron chi connectivity index (χ1n) is 5.91. The topological polar surface area (TPSA) is 80.7 Å². The van der Waals surface area contributed by atoms with Gasteiger partial charge < -0.3 is 15.7 Å². The number of aryl methyl sites for hydroxylation is 1. The van der Waals surface area contributed by atoms with E-state index in [0.29, 0.717) is 22.9 Å². The monoisotopic (exact) mass is 311 g/mol. The second-order valence-electron chi connectivity index (χ2n) is 4.09. The molecule has 0 aliphatic rings. The fraction of sp³-hybridized carbons (Fsp3) is 0.231. The van der Waals surface area contributed by atoms with Gasteiger partial charge in [0.25, 0.3) is 0 Å². The summed E-state index contributed by atoms with van der Waals surface area (Å²) in [6, 6.07) is 4.99. The van der Waals surface area contributed by atoms with Crippen molar-refractivity contribution < 1.29 is 9.94 Å². The van der Waals surface area contributed by atoms with Crippen molar-refractivity contribution in [2.24, 2.45) is 10.9 Å². The molecule has 1 heterocycles. The number of oxime groups is 1. The molecule has 0 aliphatic carbocycles. The molecule has 20 heavy (non-hydrogen) atoms. The predicted molar refractivity (Wildman–Crippen MR) is 80.0 cm³/mol. The van der Waals surface area contributed by atoms with Crippen molar-refractivity contribution in [1.29, 1.82) is 0 Å². The number of benzene rings is 1. The van der Waals surface area contributed by atoms with Gasteiger partial charge in [0.15, 0.2) is 5.84 Å². The number of halogens is 1. The molecule has 0 unspecified atom stereocenters. The fourth-order valence-corrected chi connectivity index (χ4v) is 2.65. The van der Waals surface area contributed by atoms with Crippen LogP contribution in [0.1, 0.15) is 16.1 Å². The van der Waals surface area contributed by atoms with Crippen molar-refractivity contribution in [2.45, 2.75) is 13.3 Å². The van der Waals surface area contributed by atoms with Crippen LogP contribution in [-0.4, -0.2) is 22.6 Å². The third-order valence-electron chi connectivity index (χ3n) is 2.77. The lowest BCUT2D eigenvalue weighted by Gasteiger charge is -2.09. The maximum absolute atomic E-state index is 8.61.